The molecule has 0 amide bonds. The van der Waals surface area contributed by atoms with Crippen molar-refractivity contribution in [2.24, 2.45) is 5.73 Å². The van der Waals surface area contributed by atoms with E-state index < -0.39 is 0 Å². The normalized spacial score (nSPS) is 19.6. The van der Waals surface area contributed by atoms with E-state index in [2.05, 4.69) is 43.1 Å². The third kappa shape index (κ3) is 2.67. The van der Waals surface area contributed by atoms with Gasteiger partial charge in [-0.2, -0.15) is 0 Å². The van der Waals surface area contributed by atoms with E-state index in [-0.39, 0.29) is 5.84 Å². The van der Waals surface area contributed by atoms with Gasteiger partial charge in [-0.1, -0.05) is 24.3 Å². The SMILES string of the molecule is CC(CC(=N)N)N(C)CC1Cc2ccccc21. The number of nitrogens with zero attached hydrogens (tertiary/aromatic N) is 1. The maximum absolute atomic E-state index is 7.33. The predicted molar refractivity (Wildman–Crippen MR) is 71.5 cm³/mol. The lowest BCUT2D eigenvalue weighted by Crippen LogP contribution is -2.38. The fraction of sp³-hybridized carbons (Fsp3) is 0.500. The first kappa shape index (κ1) is 12.1. The van der Waals surface area contributed by atoms with Crippen molar-refractivity contribution < 1.29 is 0 Å². The Kier molecular flexibility index (Phi) is 3.48. The van der Waals surface area contributed by atoms with Crippen molar-refractivity contribution in [1.82, 2.24) is 4.90 Å². The van der Waals surface area contributed by atoms with Crippen LogP contribution in [-0.4, -0.2) is 30.4 Å². The molecule has 0 aromatic heterocycles. The van der Waals surface area contributed by atoms with Gasteiger partial charge in [-0.25, -0.2) is 0 Å². The van der Waals surface area contributed by atoms with Crippen LogP contribution >= 0.6 is 0 Å². The molecule has 0 saturated heterocycles. The second kappa shape index (κ2) is 4.88. The van der Waals surface area contributed by atoms with Gasteiger partial charge in [-0.05, 0) is 31.5 Å². The highest BCUT2D eigenvalue weighted by atomic mass is 15.1. The number of hydrogen-bond donors (Lipinski definition) is 2. The fourth-order valence-corrected chi connectivity index (χ4v) is 2.53. The van der Waals surface area contributed by atoms with Crippen LogP contribution in [0.3, 0.4) is 0 Å². The molecule has 1 aliphatic carbocycles. The lowest BCUT2D eigenvalue weighted by Gasteiger charge is -2.35. The van der Waals surface area contributed by atoms with Crippen molar-refractivity contribution in [3.05, 3.63) is 35.4 Å². The Morgan fingerprint density at radius 1 is 1.53 bits per heavy atom. The van der Waals surface area contributed by atoms with Crippen LogP contribution in [-0.2, 0) is 6.42 Å². The molecule has 0 saturated carbocycles. The molecule has 92 valence electrons. The third-order valence-electron chi connectivity index (χ3n) is 3.74. The maximum Gasteiger partial charge on any atom is 0.0920 e. The first-order chi connectivity index (χ1) is 8.08. The van der Waals surface area contributed by atoms with Crippen LogP contribution in [0, 0.1) is 5.41 Å². The average Bonchev–Trinajstić information content (AvgIpc) is 2.24. The Labute approximate surface area is 103 Å². The molecule has 0 heterocycles. The zero-order valence-corrected chi connectivity index (χ0v) is 10.6. The van der Waals surface area contributed by atoms with Crippen LogP contribution in [0.2, 0.25) is 0 Å². The smallest absolute Gasteiger partial charge is 0.0920 e. The van der Waals surface area contributed by atoms with Gasteiger partial charge in [0.1, 0.15) is 0 Å². The van der Waals surface area contributed by atoms with E-state index in [9.17, 15) is 0 Å². The highest BCUT2D eigenvalue weighted by Gasteiger charge is 2.27. The van der Waals surface area contributed by atoms with Gasteiger partial charge in [0.25, 0.3) is 0 Å². The van der Waals surface area contributed by atoms with E-state index in [1.54, 1.807) is 0 Å². The van der Waals surface area contributed by atoms with Crippen molar-refractivity contribution >= 4 is 5.84 Å². The molecule has 0 fully saturated rings. The molecule has 2 atom stereocenters. The predicted octanol–water partition coefficient (Wildman–Crippen LogP) is 1.97. The second-order valence-electron chi connectivity index (χ2n) is 5.12. The molecule has 1 aliphatic rings. The van der Waals surface area contributed by atoms with Crippen LogP contribution in [0.25, 0.3) is 0 Å². The van der Waals surface area contributed by atoms with Gasteiger partial charge in [-0.3, -0.25) is 5.41 Å². The van der Waals surface area contributed by atoms with Crippen LogP contribution in [0.1, 0.15) is 30.4 Å². The summed E-state index contributed by atoms with van der Waals surface area (Å²) >= 11 is 0. The van der Waals surface area contributed by atoms with Crippen LogP contribution in [0.5, 0.6) is 0 Å². The molecule has 0 spiro atoms. The molecule has 3 N–H and O–H groups in total. The largest absolute Gasteiger partial charge is 0.388 e. The van der Waals surface area contributed by atoms with Crippen molar-refractivity contribution in [3.8, 4) is 0 Å². The zero-order valence-electron chi connectivity index (χ0n) is 10.6. The summed E-state index contributed by atoms with van der Waals surface area (Å²) in [5, 5.41) is 7.33. The highest BCUT2D eigenvalue weighted by Crippen LogP contribution is 2.35. The Hall–Kier alpha value is -1.35. The molecule has 17 heavy (non-hydrogen) atoms. The zero-order chi connectivity index (χ0) is 12.4. The van der Waals surface area contributed by atoms with E-state index in [4.69, 9.17) is 11.1 Å². The molecule has 0 radical (unpaired) electrons. The van der Waals surface area contributed by atoms with Gasteiger partial charge in [0.15, 0.2) is 0 Å². The van der Waals surface area contributed by atoms with E-state index in [0.717, 1.165) is 6.54 Å². The van der Waals surface area contributed by atoms with Crippen molar-refractivity contribution in [3.63, 3.8) is 0 Å². The molecule has 1 aromatic carbocycles. The number of nitrogens with one attached hydrogen (secondary N) is 1. The number of fused-ring (bicyclic) bond motifs is 1. The standard InChI is InChI=1S/C14H21N3/c1-10(7-14(15)16)17(2)9-12-8-11-5-3-4-6-13(11)12/h3-6,10,12H,7-9H2,1-2H3,(H3,15,16). The number of hydrogen-bond acceptors (Lipinski definition) is 2. The third-order valence-corrected chi connectivity index (χ3v) is 3.74. The Morgan fingerprint density at radius 2 is 2.24 bits per heavy atom. The van der Waals surface area contributed by atoms with Gasteiger partial charge < -0.3 is 10.6 Å². The van der Waals surface area contributed by atoms with Gasteiger partial charge in [0.05, 0.1) is 5.84 Å². The summed E-state index contributed by atoms with van der Waals surface area (Å²) in [4.78, 5) is 2.31. The topological polar surface area (TPSA) is 53.1 Å². The molecular formula is C14H21N3. The summed E-state index contributed by atoms with van der Waals surface area (Å²) in [6, 6.07) is 9.01. The molecular weight excluding hydrogens is 210 g/mol. The number of rotatable bonds is 5. The molecule has 0 bridgehead atoms. The van der Waals surface area contributed by atoms with Crippen molar-refractivity contribution in [2.45, 2.75) is 31.7 Å². The van der Waals surface area contributed by atoms with Crippen LogP contribution in [0.4, 0.5) is 0 Å². The molecule has 1 aromatic rings. The first-order valence-electron chi connectivity index (χ1n) is 6.19. The summed E-state index contributed by atoms with van der Waals surface area (Å²) in [6.07, 6.45) is 1.85. The Bertz CT molecular complexity index is 414. The van der Waals surface area contributed by atoms with Crippen LogP contribution < -0.4 is 5.73 Å². The summed E-state index contributed by atoms with van der Waals surface area (Å²) in [7, 11) is 2.12. The number of nitrogens with two attached hydrogens (primary N) is 1. The second-order valence-corrected chi connectivity index (χ2v) is 5.12. The minimum atomic E-state index is 0.276. The quantitative estimate of drug-likeness (QED) is 0.601. The molecule has 3 nitrogen and oxygen atoms in total. The lowest BCUT2D eigenvalue weighted by molar-refractivity contribution is 0.238. The fourth-order valence-electron chi connectivity index (χ4n) is 2.53. The van der Waals surface area contributed by atoms with Gasteiger partial charge in [0, 0.05) is 24.9 Å². The number of benzene rings is 1. The van der Waals surface area contributed by atoms with Crippen molar-refractivity contribution in [2.75, 3.05) is 13.6 Å². The first-order valence-corrected chi connectivity index (χ1v) is 6.19. The number of amidine groups is 1. The summed E-state index contributed by atoms with van der Waals surface area (Å²) in [5.41, 5.74) is 8.43. The van der Waals surface area contributed by atoms with E-state index in [1.807, 2.05) is 0 Å². The summed E-state index contributed by atoms with van der Waals surface area (Å²) < 4.78 is 0. The van der Waals surface area contributed by atoms with E-state index in [1.165, 1.54) is 17.5 Å². The van der Waals surface area contributed by atoms with Gasteiger partial charge >= 0.3 is 0 Å². The minimum Gasteiger partial charge on any atom is -0.388 e. The molecule has 2 unspecified atom stereocenters. The summed E-state index contributed by atoms with van der Waals surface area (Å²) in [6.45, 7) is 3.19. The maximum atomic E-state index is 7.33. The monoisotopic (exact) mass is 231 g/mol. The minimum absolute atomic E-state index is 0.276. The lowest BCUT2D eigenvalue weighted by atomic mass is 9.77. The van der Waals surface area contributed by atoms with E-state index >= 15 is 0 Å². The summed E-state index contributed by atoms with van der Waals surface area (Å²) in [5.74, 6) is 0.934. The van der Waals surface area contributed by atoms with Gasteiger partial charge in [0.2, 0.25) is 0 Å². The highest BCUT2D eigenvalue weighted by molar-refractivity contribution is 5.77. The van der Waals surface area contributed by atoms with Crippen molar-refractivity contribution in [1.29, 1.82) is 5.41 Å². The molecule has 3 heteroatoms. The average molecular weight is 231 g/mol. The van der Waals surface area contributed by atoms with Gasteiger partial charge in [-0.15, -0.1) is 0 Å². The van der Waals surface area contributed by atoms with Crippen LogP contribution in [0.15, 0.2) is 24.3 Å². The molecule has 0 aliphatic heterocycles. The molecule has 2 rings (SSSR count). The Morgan fingerprint density at radius 3 is 2.88 bits per heavy atom. The number of likely N-dealkylation sites (N-methyl/N-ethyl adjacent to an activating group) is 1. The Balaban J connectivity index is 1.89. The van der Waals surface area contributed by atoms with E-state index in [0.29, 0.717) is 18.4 Å².